The van der Waals surface area contributed by atoms with Gasteiger partial charge in [0.25, 0.3) is 5.91 Å². The summed E-state index contributed by atoms with van der Waals surface area (Å²) < 4.78 is 0. The first-order valence-corrected chi connectivity index (χ1v) is 7.23. The molecule has 0 fully saturated rings. The lowest BCUT2D eigenvalue weighted by molar-refractivity contribution is 0.0951. The van der Waals surface area contributed by atoms with Gasteiger partial charge in [0.05, 0.1) is 0 Å². The number of aromatic nitrogens is 1. The number of carbonyl (C=O) groups excluding carboxylic acids is 1. The molecule has 0 spiro atoms. The van der Waals surface area contributed by atoms with Gasteiger partial charge in [-0.3, -0.25) is 9.78 Å². The molecule has 0 aliphatic rings. The third-order valence-electron chi connectivity index (χ3n) is 3.13. The van der Waals surface area contributed by atoms with Gasteiger partial charge in [-0.1, -0.05) is 30.3 Å². The summed E-state index contributed by atoms with van der Waals surface area (Å²) in [6, 6.07) is 14.3. The molecular weight excluding hydrogens is 262 g/mol. The highest BCUT2D eigenvalue weighted by molar-refractivity contribution is 5.93. The highest BCUT2D eigenvalue weighted by Gasteiger charge is 2.08. The number of benzene rings is 1. The van der Waals surface area contributed by atoms with E-state index in [0.717, 1.165) is 12.1 Å². The van der Waals surface area contributed by atoms with Crippen LogP contribution < -0.4 is 10.6 Å². The first kappa shape index (κ1) is 15.0. The van der Waals surface area contributed by atoms with E-state index in [1.807, 2.05) is 31.2 Å². The number of pyridine rings is 1. The van der Waals surface area contributed by atoms with Crippen LogP contribution in [0.5, 0.6) is 0 Å². The standard InChI is InChI=1S/C17H21N3O/c1-3-18-17(21)16-12-15(9-10-19-16)20-13(2)11-14-7-5-4-6-8-14/h4-10,12-13H,3,11H2,1-2H3,(H,18,21)(H,19,20). The second-order valence-corrected chi connectivity index (χ2v) is 5.02. The monoisotopic (exact) mass is 283 g/mol. The van der Waals surface area contributed by atoms with E-state index in [9.17, 15) is 4.79 Å². The number of nitrogens with one attached hydrogen (secondary N) is 2. The average Bonchev–Trinajstić information content (AvgIpc) is 2.48. The summed E-state index contributed by atoms with van der Waals surface area (Å²) >= 11 is 0. The fourth-order valence-corrected chi connectivity index (χ4v) is 2.20. The van der Waals surface area contributed by atoms with Gasteiger partial charge in [-0.25, -0.2) is 0 Å². The largest absolute Gasteiger partial charge is 0.382 e. The van der Waals surface area contributed by atoms with Crippen molar-refractivity contribution >= 4 is 11.6 Å². The lowest BCUT2D eigenvalue weighted by Crippen LogP contribution is -2.24. The lowest BCUT2D eigenvalue weighted by atomic mass is 10.1. The number of anilines is 1. The van der Waals surface area contributed by atoms with Gasteiger partial charge in [-0.15, -0.1) is 0 Å². The number of amides is 1. The maximum atomic E-state index is 11.8. The van der Waals surface area contributed by atoms with Gasteiger partial charge in [-0.2, -0.15) is 0 Å². The minimum absolute atomic E-state index is 0.142. The van der Waals surface area contributed by atoms with Crippen molar-refractivity contribution in [1.29, 1.82) is 0 Å². The highest BCUT2D eigenvalue weighted by atomic mass is 16.1. The zero-order valence-electron chi connectivity index (χ0n) is 12.5. The van der Waals surface area contributed by atoms with Crippen molar-refractivity contribution in [2.24, 2.45) is 0 Å². The molecule has 0 saturated heterocycles. The van der Waals surface area contributed by atoms with E-state index in [1.165, 1.54) is 5.56 Å². The van der Waals surface area contributed by atoms with Gasteiger partial charge in [0, 0.05) is 24.5 Å². The quantitative estimate of drug-likeness (QED) is 0.857. The molecule has 4 heteroatoms. The van der Waals surface area contributed by atoms with Gasteiger partial charge in [0.15, 0.2) is 0 Å². The van der Waals surface area contributed by atoms with Crippen molar-refractivity contribution in [3.05, 3.63) is 59.9 Å². The van der Waals surface area contributed by atoms with Gasteiger partial charge in [0.2, 0.25) is 0 Å². The van der Waals surface area contributed by atoms with E-state index in [4.69, 9.17) is 0 Å². The number of carbonyl (C=O) groups is 1. The molecule has 2 N–H and O–H groups in total. The summed E-state index contributed by atoms with van der Waals surface area (Å²) in [6.45, 7) is 4.61. The van der Waals surface area contributed by atoms with Crippen molar-refractivity contribution in [2.75, 3.05) is 11.9 Å². The van der Waals surface area contributed by atoms with Gasteiger partial charge in [0.1, 0.15) is 5.69 Å². The molecule has 0 aliphatic carbocycles. The summed E-state index contributed by atoms with van der Waals surface area (Å²) in [5.41, 5.74) is 2.64. The Hall–Kier alpha value is -2.36. The first-order valence-electron chi connectivity index (χ1n) is 7.23. The summed E-state index contributed by atoms with van der Waals surface area (Å²) in [4.78, 5) is 15.9. The molecule has 110 valence electrons. The molecule has 1 unspecified atom stereocenters. The third kappa shape index (κ3) is 4.60. The Kier molecular flexibility index (Phi) is 5.32. The zero-order valence-corrected chi connectivity index (χ0v) is 12.5. The molecule has 1 atom stereocenters. The Morgan fingerprint density at radius 1 is 1.24 bits per heavy atom. The summed E-state index contributed by atoms with van der Waals surface area (Å²) in [6.07, 6.45) is 2.59. The number of nitrogens with zero attached hydrogens (tertiary/aromatic N) is 1. The molecule has 1 heterocycles. The van der Waals surface area contributed by atoms with Crippen molar-refractivity contribution in [1.82, 2.24) is 10.3 Å². The fraction of sp³-hybridized carbons (Fsp3) is 0.294. The molecule has 4 nitrogen and oxygen atoms in total. The van der Waals surface area contributed by atoms with Crippen LogP contribution in [0.4, 0.5) is 5.69 Å². The maximum absolute atomic E-state index is 11.8. The fourth-order valence-electron chi connectivity index (χ4n) is 2.20. The van der Waals surface area contributed by atoms with Crippen LogP contribution in [-0.2, 0) is 6.42 Å². The second-order valence-electron chi connectivity index (χ2n) is 5.02. The van der Waals surface area contributed by atoms with E-state index in [2.05, 4.69) is 34.7 Å². The summed E-state index contributed by atoms with van der Waals surface area (Å²) in [5.74, 6) is -0.142. The molecule has 21 heavy (non-hydrogen) atoms. The van der Waals surface area contributed by atoms with Crippen LogP contribution in [0.25, 0.3) is 0 Å². The molecule has 0 saturated carbocycles. The lowest BCUT2D eigenvalue weighted by Gasteiger charge is -2.15. The van der Waals surface area contributed by atoms with Crippen molar-refractivity contribution in [2.45, 2.75) is 26.3 Å². The molecule has 1 amide bonds. The first-order chi connectivity index (χ1) is 10.2. The van der Waals surface area contributed by atoms with Crippen molar-refractivity contribution in [3.8, 4) is 0 Å². The van der Waals surface area contributed by atoms with Crippen LogP contribution in [0.2, 0.25) is 0 Å². The summed E-state index contributed by atoms with van der Waals surface area (Å²) in [7, 11) is 0. The number of rotatable bonds is 6. The molecule has 0 bridgehead atoms. The average molecular weight is 283 g/mol. The van der Waals surface area contributed by atoms with Crippen LogP contribution in [0, 0.1) is 0 Å². The number of hydrogen-bond donors (Lipinski definition) is 2. The predicted octanol–water partition coefficient (Wildman–Crippen LogP) is 2.87. The minimum Gasteiger partial charge on any atom is -0.382 e. The van der Waals surface area contributed by atoms with Gasteiger partial charge >= 0.3 is 0 Å². The topological polar surface area (TPSA) is 54.0 Å². The van der Waals surface area contributed by atoms with E-state index in [-0.39, 0.29) is 11.9 Å². The Morgan fingerprint density at radius 2 is 2.00 bits per heavy atom. The Labute approximate surface area is 125 Å². The Bertz CT molecular complexity index is 584. The SMILES string of the molecule is CCNC(=O)c1cc(NC(C)Cc2ccccc2)ccn1. The van der Waals surface area contributed by atoms with Gasteiger partial charge < -0.3 is 10.6 Å². The van der Waals surface area contributed by atoms with E-state index in [1.54, 1.807) is 12.3 Å². The van der Waals surface area contributed by atoms with E-state index >= 15 is 0 Å². The van der Waals surface area contributed by atoms with Crippen LogP contribution >= 0.6 is 0 Å². The normalized spacial score (nSPS) is 11.7. The van der Waals surface area contributed by atoms with Crippen LogP contribution in [0.3, 0.4) is 0 Å². The predicted molar refractivity (Wildman–Crippen MR) is 85.5 cm³/mol. The third-order valence-corrected chi connectivity index (χ3v) is 3.13. The second kappa shape index (κ2) is 7.43. The Balaban J connectivity index is 1.99. The van der Waals surface area contributed by atoms with Crippen LogP contribution in [-0.4, -0.2) is 23.5 Å². The Morgan fingerprint density at radius 3 is 2.71 bits per heavy atom. The summed E-state index contributed by atoms with van der Waals surface area (Å²) in [5, 5.41) is 6.16. The van der Waals surface area contributed by atoms with Crippen molar-refractivity contribution < 1.29 is 4.79 Å². The minimum atomic E-state index is -0.142. The maximum Gasteiger partial charge on any atom is 0.269 e. The molecule has 1 aromatic carbocycles. The van der Waals surface area contributed by atoms with E-state index in [0.29, 0.717) is 12.2 Å². The highest BCUT2D eigenvalue weighted by Crippen LogP contribution is 2.12. The van der Waals surface area contributed by atoms with Gasteiger partial charge in [-0.05, 0) is 38.0 Å². The molecule has 0 aliphatic heterocycles. The smallest absolute Gasteiger partial charge is 0.269 e. The molecule has 1 aromatic heterocycles. The number of hydrogen-bond acceptors (Lipinski definition) is 3. The molecule has 0 radical (unpaired) electrons. The molecule has 2 aromatic rings. The van der Waals surface area contributed by atoms with Crippen LogP contribution in [0.15, 0.2) is 48.7 Å². The molecule has 2 rings (SSSR count). The van der Waals surface area contributed by atoms with E-state index < -0.39 is 0 Å². The van der Waals surface area contributed by atoms with Crippen LogP contribution in [0.1, 0.15) is 29.9 Å². The molecular formula is C17H21N3O. The van der Waals surface area contributed by atoms with Crippen molar-refractivity contribution in [3.63, 3.8) is 0 Å². The zero-order chi connectivity index (χ0) is 15.1.